The molecule has 9 heteroatoms. The molecule has 0 bridgehead atoms. The molecule has 2 aromatic heterocycles. The van der Waals surface area contributed by atoms with E-state index < -0.39 is 0 Å². The van der Waals surface area contributed by atoms with E-state index in [1.807, 2.05) is 42.5 Å². The number of rotatable bonds is 6. The third kappa shape index (κ3) is 4.33. The lowest BCUT2D eigenvalue weighted by molar-refractivity contribution is -0.118. The van der Waals surface area contributed by atoms with Gasteiger partial charge in [-0.15, -0.1) is 21.5 Å². The lowest BCUT2D eigenvalue weighted by Crippen LogP contribution is -2.24. The van der Waals surface area contributed by atoms with Gasteiger partial charge < -0.3 is 9.73 Å². The number of thioether (sulfide) groups is 1. The number of hydrogen-bond acceptors (Lipinski definition) is 6. The number of nitrogens with zero attached hydrogens (tertiary/aromatic N) is 2. The van der Waals surface area contributed by atoms with Gasteiger partial charge in [-0.3, -0.25) is 4.79 Å². The van der Waals surface area contributed by atoms with Crippen molar-refractivity contribution < 1.29 is 9.21 Å². The van der Waals surface area contributed by atoms with Crippen molar-refractivity contribution in [2.75, 3.05) is 5.75 Å². The minimum Gasteiger partial charge on any atom is -0.410 e. The first-order valence-corrected chi connectivity index (χ1v) is 10.8. The average Bonchev–Trinajstić information content (AvgIpc) is 3.30. The highest BCUT2D eigenvalue weighted by Crippen LogP contribution is 2.41. The molecule has 4 rings (SSSR count). The first-order chi connectivity index (χ1) is 13.6. The third-order valence-electron chi connectivity index (χ3n) is 3.84. The minimum absolute atomic E-state index is 0.135. The summed E-state index contributed by atoms with van der Waals surface area (Å²) < 4.78 is 6.73. The van der Waals surface area contributed by atoms with Crippen LogP contribution in [0.1, 0.15) is 5.56 Å². The fourth-order valence-corrected chi connectivity index (χ4v) is 4.78. The summed E-state index contributed by atoms with van der Waals surface area (Å²) in [4.78, 5) is 12.8. The van der Waals surface area contributed by atoms with E-state index in [4.69, 9.17) is 27.6 Å². The van der Waals surface area contributed by atoms with E-state index in [9.17, 15) is 4.79 Å². The maximum Gasteiger partial charge on any atom is 0.277 e. The van der Waals surface area contributed by atoms with Gasteiger partial charge in [0.25, 0.3) is 11.1 Å². The number of amides is 1. The highest BCUT2D eigenvalue weighted by Gasteiger charge is 2.18. The molecule has 2 aromatic carbocycles. The van der Waals surface area contributed by atoms with E-state index in [0.29, 0.717) is 27.7 Å². The van der Waals surface area contributed by atoms with E-state index in [1.54, 1.807) is 6.07 Å². The van der Waals surface area contributed by atoms with Crippen LogP contribution >= 0.6 is 46.3 Å². The van der Waals surface area contributed by atoms with Crippen molar-refractivity contribution in [2.24, 2.45) is 0 Å². The summed E-state index contributed by atoms with van der Waals surface area (Å²) in [5, 5.41) is 13.4. The van der Waals surface area contributed by atoms with E-state index in [2.05, 4.69) is 15.5 Å². The minimum atomic E-state index is -0.135. The SMILES string of the molecule is O=C(CSc1nnc(-c2sc3ccccc3c2Cl)o1)NCc1cccc(Cl)c1. The van der Waals surface area contributed by atoms with Gasteiger partial charge >= 0.3 is 0 Å². The smallest absolute Gasteiger partial charge is 0.277 e. The lowest BCUT2D eigenvalue weighted by Gasteiger charge is -2.04. The number of carbonyl (C=O) groups excluding carboxylic acids is 1. The number of fused-ring (bicyclic) bond motifs is 1. The molecule has 1 N–H and O–H groups in total. The Bertz CT molecular complexity index is 1140. The Morgan fingerprint density at radius 1 is 1.14 bits per heavy atom. The predicted octanol–water partition coefficient (Wildman–Crippen LogP) is 5.67. The number of hydrogen-bond donors (Lipinski definition) is 1. The first-order valence-electron chi connectivity index (χ1n) is 8.25. The molecule has 0 saturated heterocycles. The number of carbonyl (C=O) groups is 1. The molecular weight excluding hydrogens is 437 g/mol. The quantitative estimate of drug-likeness (QED) is 0.384. The number of nitrogens with one attached hydrogen (secondary N) is 1. The summed E-state index contributed by atoms with van der Waals surface area (Å²) in [6.07, 6.45) is 0. The highest BCUT2D eigenvalue weighted by atomic mass is 35.5. The van der Waals surface area contributed by atoms with Crippen molar-refractivity contribution in [3.63, 3.8) is 0 Å². The van der Waals surface area contributed by atoms with Crippen LogP contribution in [0.25, 0.3) is 20.9 Å². The summed E-state index contributed by atoms with van der Waals surface area (Å²) in [5.41, 5.74) is 0.935. The summed E-state index contributed by atoms with van der Waals surface area (Å²) in [5.74, 6) is 0.389. The molecule has 0 spiro atoms. The Labute approximate surface area is 179 Å². The summed E-state index contributed by atoms with van der Waals surface area (Å²) >= 11 is 15.1. The molecular formula is C19H13Cl2N3O2S2. The second kappa shape index (κ2) is 8.53. The van der Waals surface area contributed by atoms with Gasteiger partial charge in [0.05, 0.1) is 10.8 Å². The summed E-state index contributed by atoms with van der Waals surface area (Å²) in [6.45, 7) is 0.409. The van der Waals surface area contributed by atoms with Gasteiger partial charge in [0, 0.05) is 21.7 Å². The molecule has 1 amide bonds. The molecule has 4 aromatic rings. The van der Waals surface area contributed by atoms with Crippen LogP contribution in [0.4, 0.5) is 0 Å². The molecule has 0 fully saturated rings. The fourth-order valence-electron chi connectivity index (χ4n) is 2.54. The number of aromatic nitrogens is 2. The van der Waals surface area contributed by atoms with Crippen molar-refractivity contribution in [3.8, 4) is 10.8 Å². The van der Waals surface area contributed by atoms with Crippen molar-refractivity contribution in [3.05, 3.63) is 64.1 Å². The maximum absolute atomic E-state index is 12.0. The van der Waals surface area contributed by atoms with Crippen LogP contribution in [0.5, 0.6) is 0 Å². The second-order valence-corrected chi connectivity index (χ2v) is 8.60. The van der Waals surface area contributed by atoms with Gasteiger partial charge in [-0.1, -0.05) is 65.3 Å². The summed E-state index contributed by atoms with van der Waals surface area (Å²) in [7, 11) is 0. The number of halogens is 2. The molecule has 28 heavy (non-hydrogen) atoms. The Kier molecular flexibility index (Phi) is 5.87. The van der Waals surface area contributed by atoms with Crippen LogP contribution in [-0.4, -0.2) is 21.9 Å². The third-order valence-corrected chi connectivity index (χ3v) is 6.56. The van der Waals surface area contributed by atoms with Crippen LogP contribution < -0.4 is 5.32 Å². The van der Waals surface area contributed by atoms with Crippen molar-refractivity contribution in [1.29, 1.82) is 0 Å². The number of benzene rings is 2. The summed E-state index contributed by atoms with van der Waals surface area (Å²) in [6, 6.07) is 15.2. The van der Waals surface area contributed by atoms with Gasteiger partial charge in [0.15, 0.2) is 0 Å². The molecule has 0 aliphatic carbocycles. The Morgan fingerprint density at radius 2 is 2.00 bits per heavy atom. The Balaban J connectivity index is 1.37. The average molecular weight is 450 g/mol. The normalized spacial score (nSPS) is 11.1. The van der Waals surface area contributed by atoms with Crippen LogP contribution in [0.3, 0.4) is 0 Å². The zero-order valence-corrected chi connectivity index (χ0v) is 17.5. The largest absolute Gasteiger partial charge is 0.410 e. The van der Waals surface area contributed by atoms with Crippen LogP contribution in [0, 0.1) is 0 Å². The predicted molar refractivity (Wildman–Crippen MR) is 114 cm³/mol. The Hall–Kier alpha value is -2.06. The lowest BCUT2D eigenvalue weighted by atomic mass is 10.2. The number of thiophene rings is 1. The Morgan fingerprint density at radius 3 is 2.82 bits per heavy atom. The molecule has 0 radical (unpaired) electrons. The van der Waals surface area contributed by atoms with Gasteiger partial charge in [0.2, 0.25) is 5.91 Å². The van der Waals surface area contributed by atoms with Crippen LogP contribution in [-0.2, 0) is 11.3 Å². The zero-order valence-electron chi connectivity index (χ0n) is 14.3. The molecule has 0 saturated carbocycles. The monoisotopic (exact) mass is 449 g/mol. The molecule has 2 heterocycles. The molecule has 0 unspecified atom stereocenters. The molecule has 0 aliphatic rings. The van der Waals surface area contributed by atoms with Crippen molar-refractivity contribution >= 4 is 62.3 Å². The molecule has 0 aliphatic heterocycles. The first kappa shape index (κ1) is 19.3. The van der Waals surface area contributed by atoms with Gasteiger partial charge in [0.1, 0.15) is 4.88 Å². The zero-order chi connectivity index (χ0) is 19.5. The molecule has 142 valence electrons. The van der Waals surface area contributed by atoms with Crippen molar-refractivity contribution in [2.45, 2.75) is 11.8 Å². The van der Waals surface area contributed by atoms with Crippen LogP contribution in [0.15, 0.2) is 58.2 Å². The standard InChI is InChI=1S/C19H13Cl2N3O2S2/c20-12-5-3-4-11(8-12)9-22-15(25)10-27-19-24-23-18(26-19)17-16(21)13-6-1-2-7-14(13)28-17/h1-8H,9-10H2,(H,22,25). The van der Waals surface area contributed by atoms with Gasteiger partial charge in [-0.25, -0.2) is 0 Å². The molecule has 0 atom stereocenters. The van der Waals surface area contributed by atoms with E-state index in [0.717, 1.165) is 20.5 Å². The van der Waals surface area contributed by atoms with Crippen LogP contribution in [0.2, 0.25) is 10.0 Å². The van der Waals surface area contributed by atoms with Gasteiger partial charge in [-0.05, 0) is 23.8 Å². The molecule has 5 nitrogen and oxygen atoms in total. The van der Waals surface area contributed by atoms with E-state index in [1.165, 1.54) is 23.1 Å². The topological polar surface area (TPSA) is 68.0 Å². The van der Waals surface area contributed by atoms with Gasteiger partial charge in [-0.2, -0.15) is 0 Å². The fraction of sp³-hybridized carbons (Fsp3) is 0.105. The maximum atomic E-state index is 12.0. The highest BCUT2D eigenvalue weighted by molar-refractivity contribution is 7.99. The van der Waals surface area contributed by atoms with Crippen molar-refractivity contribution in [1.82, 2.24) is 15.5 Å². The van der Waals surface area contributed by atoms with E-state index in [-0.39, 0.29) is 11.7 Å². The second-order valence-electron chi connectivity index (χ2n) is 5.81. The van der Waals surface area contributed by atoms with E-state index >= 15 is 0 Å².